The van der Waals surface area contributed by atoms with Crippen LogP contribution in [0.5, 0.6) is 0 Å². The van der Waals surface area contributed by atoms with Crippen molar-refractivity contribution in [2.75, 3.05) is 19.4 Å². The predicted octanol–water partition coefficient (Wildman–Crippen LogP) is 3.65. The quantitative estimate of drug-likeness (QED) is 0.664. The number of nitro groups is 1. The van der Waals surface area contributed by atoms with Crippen molar-refractivity contribution in [3.05, 3.63) is 33.9 Å². The number of benzene rings is 1. The maximum absolute atomic E-state index is 11.1. The molecule has 0 heterocycles. The van der Waals surface area contributed by atoms with Crippen molar-refractivity contribution >= 4 is 11.4 Å². The van der Waals surface area contributed by atoms with Gasteiger partial charge in [0.25, 0.3) is 5.69 Å². The summed E-state index contributed by atoms with van der Waals surface area (Å²) in [6.45, 7) is 3.08. The van der Waals surface area contributed by atoms with Crippen molar-refractivity contribution in [1.82, 2.24) is 4.90 Å². The second kappa shape index (κ2) is 6.89. The lowest BCUT2D eigenvalue weighted by Gasteiger charge is -2.36. The Labute approximate surface area is 126 Å². The number of anilines is 1. The van der Waals surface area contributed by atoms with Crippen LogP contribution in [-0.4, -0.2) is 30.0 Å². The molecule has 5 heteroatoms. The Hall–Kier alpha value is -1.62. The minimum atomic E-state index is -0.321. The van der Waals surface area contributed by atoms with Crippen LogP contribution in [0.25, 0.3) is 0 Å². The molecule has 1 aromatic rings. The van der Waals surface area contributed by atoms with Crippen LogP contribution in [0, 0.1) is 16.0 Å². The number of hydrogen-bond acceptors (Lipinski definition) is 4. The van der Waals surface area contributed by atoms with Crippen molar-refractivity contribution in [3.63, 3.8) is 0 Å². The Morgan fingerprint density at radius 2 is 2.10 bits per heavy atom. The standard InChI is InChI=1S/C16H25N3O2/c1-12-6-4-5-7-15(12)18(3)11-13-8-9-14(17-2)16(10-13)19(20)21/h8-10,12,15,17H,4-7,11H2,1-3H3. The summed E-state index contributed by atoms with van der Waals surface area (Å²) in [6, 6.07) is 6.05. The SMILES string of the molecule is CNc1ccc(CN(C)C2CCCCC2C)cc1[N+](=O)[O-]. The van der Waals surface area contributed by atoms with Gasteiger partial charge in [0.1, 0.15) is 5.69 Å². The van der Waals surface area contributed by atoms with E-state index in [2.05, 4.69) is 24.2 Å². The van der Waals surface area contributed by atoms with E-state index in [1.807, 2.05) is 6.07 Å². The van der Waals surface area contributed by atoms with Crippen molar-refractivity contribution in [1.29, 1.82) is 0 Å². The van der Waals surface area contributed by atoms with Crippen LogP contribution in [0.15, 0.2) is 18.2 Å². The Kier molecular flexibility index (Phi) is 5.17. The Bertz CT molecular complexity index is 504. The van der Waals surface area contributed by atoms with E-state index in [0.717, 1.165) is 12.1 Å². The summed E-state index contributed by atoms with van der Waals surface area (Å²) in [6.07, 6.45) is 5.13. The van der Waals surface area contributed by atoms with E-state index in [9.17, 15) is 10.1 Å². The zero-order chi connectivity index (χ0) is 15.4. The molecule has 1 N–H and O–H groups in total. The summed E-state index contributed by atoms with van der Waals surface area (Å²) in [5, 5.41) is 14.0. The summed E-state index contributed by atoms with van der Waals surface area (Å²) >= 11 is 0. The molecule has 0 amide bonds. The third kappa shape index (κ3) is 3.73. The summed E-state index contributed by atoms with van der Waals surface area (Å²) < 4.78 is 0. The first-order valence-electron chi connectivity index (χ1n) is 7.68. The van der Waals surface area contributed by atoms with Gasteiger partial charge in [-0.15, -0.1) is 0 Å². The van der Waals surface area contributed by atoms with Crippen LogP contribution in [0.1, 0.15) is 38.2 Å². The molecule has 21 heavy (non-hydrogen) atoms. The highest BCUT2D eigenvalue weighted by Crippen LogP contribution is 2.30. The highest BCUT2D eigenvalue weighted by Gasteiger charge is 2.25. The van der Waals surface area contributed by atoms with Crippen LogP contribution >= 0.6 is 0 Å². The van der Waals surface area contributed by atoms with Crippen LogP contribution in [-0.2, 0) is 6.54 Å². The molecule has 116 valence electrons. The Morgan fingerprint density at radius 3 is 2.71 bits per heavy atom. The molecule has 1 aromatic carbocycles. The largest absolute Gasteiger partial charge is 0.383 e. The number of rotatable bonds is 5. The van der Waals surface area contributed by atoms with Gasteiger partial charge in [-0.1, -0.05) is 25.8 Å². The average molecular weight is 291 g/mol. The maximum atomic E-state index is 11.1. The van der Waals surface area contributed by atoms with Crippen LogP contribution in [0.2, 0.25) is 0 Å². The van der Waals surface area contributed by atoms with Gasteiger partial charge in [0.15, 0.2) is 0 Å². The molecule has 0 spiro atoms. The summed E-state index contributed by atoms with van der Waals surface area (Å²) in [5.41, 5.74) is 1.72. The first-order chi connectivity index (χ1) is 10.0. The van der Waals surface area contributed by atoms with Gasteiger partial charge in [-0.05, 0) is 37.4 Å². The molecule has 0 aliphatic heterocycles. The number of nitrogens with one attached hydrogen (secondary N) is 1. The molecule has 5 nitrogen and oxygen atoms in total. The smallest absolute Gasteiger partial charge is 0.292 e. The molecule has 0 saturated heterocycles. The van der Waals surface area contributed by atoms with E-state index in [-0.39, 0.29) is 10.6 Å². The predicted molar refractivity (Wildman–Crippen MR) is 85.5 cm³/mol. The number of nitrogens with zero attached hydrogens (tertiary/aromatic N) is 2. The van der Waals surface area contributed by atoms with E-state index in [1.165, 1.54) is 25.7 Å². The molecule has 1 saturated carbocycles. The maximum Gasteiger partial charge on any atom is 0.292 e. The van der Waals surface area contributed by atoms with Crippen LogP contribution in [0.4, 0.5) is 11.4 Å². The van der Waals surface area contributed by atoms with Gasteiger partial charge in [-0.25, -0.2) is 0 Å². The zero-order valence-electron chi connectivity index (χ0n) is 13.1. The fourth-order valence-corrected chi connectivity index (χ4v) is 3.39. The second-order valence-electron chi connectivity index (χ2n) is 6.10. The Morgan fingerprint density at radius 1 is 1.38 bits per heavy atom. The molecule has 2 unspecified atom stereocenters. The van der Waals surface area contributed by atoms with Gasteiger partial charge in [0, 0.05) is 25.7 Å². The van der Waals surface area contributed by atoms with Gasteiger partial charge < -0.3 is 5.32 Å². The van der Waals surface area contributed by atoms with Crippen molar-refractivity contribution < 1.29 is 4.92 Å². The van der Waals surface area contributed by atoms with Crippen LogP contribution < -0.4 is 5.32 Å². The molecule has 2 rings (SSSR count). The summed E-state index contributed by atoms with van der Waals surface area (Å²) in [7, 11) is 3.84. The van der Waals surface area contributed by atoms with E-state index in [4.69, 9.17) is 0 Å². The monoisotopic (exact) mass is 291 g/mol. The zero-order valence-corrected chi connectivity index (χ0v) is 13.1. The fourth-order valence-electron chi connectivity index (χ4n) is 3.39. The lowest BCUT2D eigenvalue weighted by Crippen LogP contribution is -2.38. The minimum absolute atomic E-state index is 0.153. The highest BCUT2D eigenvalue weighted by molar-refractivity contribution is 5.62. The topological polar surface area (TPSA) is 58.4 Å². The molecule has 1 aliphatic rings. The molecule has 0 radical (unpaired) electrons. The van der Waals surface area contributed by atoms with Crippen LogP contribution in [0.3, 0.4) is 0 Å². The van der Waals surface area contributed by atoms with E-state index >= 15 is 0 Å². The van der Waals surface area contributed by atoms with E-state index in [1.54, 1.807) is 19.2 Å². The fraction of sp³-hybridized carbons (Fsp3) is 0.625. The Balaban J connectivity index is 2.11. The summed E-state index contributed by atoms with van der Waals surface area (Å²) in [5.74, 6) is 0.704. The lowest BCUT2D eigenvalue weighted by molar-refractivity contribution is -0.384. The van der Waals surface area contributed by atoms with Gasteiger partial charge in [0.2, 0.25) is 0 Å². The van der Waals surface area contributed by atoms with Crippen molar-refractivity contribution in [3.8, 4) is 0 Å². The summed E-state index contributed by atoms with van der Waals surface area (Å²) in [4.78, 5) is 13.2. The van der Waals surface area contributed by atoms with Gasteiger partial charge >= 0.3 is 0 Å². The van der Waals surface area contributed by atoms with Crippen molar-refractivity contribution in [2.45, 2.75) is 45.2 Å². The van der Waals surface area contributed by atoms with Gasteiger partial charge in [-0.2, -0.15) is 0 Å². The van der Waals surface area contributed by atoms with Crippen molar-refractivity contribution in [2.24, 2.45) is 5.92 Å². The first kappa shape index (κ1) is 15.8. The van der Waals surface area contributed by atoms with E-state index in [0.29, 0.717) is 17.6 Å². The minimum Gasteiger partial charge on any atom is -0.383 e. The molecule has 0 bridgehead atoms. The number of hydrogen-bond donors (Lipinski definition) is 1. The van der Waals surface area contributed by atoms with Gasteiger partial charge in [0.05, 0.1) is 4.92 Å². The molecule has 1 fully saturated rings. The highest BCUT2D eigenvalue weighted by atomic mass is 16.6. The third-order valence-corrected chi connectivity index (χ3v) is 4.59. The first-order valence-corrected chi connectivity index (χ1v) is 7.68. The molecule has 0 aromatic heterocycles. The normalized spacial score (nSPS) is 22.3. The molecule has 1 aliphatic carbocycles. The molecular formula is C16H25N3O2. The second-order valence-corrected chi connectivity index (χ2v) is 6.10. The van der Waals surface area contributed by atoms with E-state index < -0.39 is 0 Å². The average Bonchev–Trinajstić information content (AvgIpc) is 2.47. The lowest BCUT2D eigenvalue weighted by atomic mass is 9.85. The number of nitro benzene ring substituents is 1. The molecule has 2 atom stereocenters. The third-order valence-electron chi connectivity index (χ3n) is 4.59. The molecular weight excluding hydrogens is 266 g/mol. The van der Waals surface area contributed by atoms with Gasteiger partial charge in [-0.3, -0.25) is 15.0 Å².